The minimum Gasteiger partial charge on any atom is -0.448 e. The number of nitrogens with zero attached hydrogens (tertiary/aromatic N) is 3. The quantitative estimate of drug-likeness (QED) is 0.882. The molecule has 2 amide bonds. The van der Waals surface area contributed by atoms with Gasteiger partial charge in [-0.25, -0.2) is 14.8 Å². The normalized spacial score (nSPS) is 14.2. The van der Waals surface area contributed by atoms with Crippen molar-refractivity contribution in [3.05, 3.63) is 53.1 Å². The van der Waals surface area contributed by atoms with Gasteiger partial charge < -0.3 is 15.0 Å². The number of carbonyl (C=O) groups excluding carboxylic acids is 2. The van der Waals surface area contributed by atoms with Crippen LogP contribution in [-0.2, 0) is 17.5 Å². The molecule has 0 atom stereocenters. The number of anilines is 1. The molecule has 1 fully saturated rings. The monoisotopic (exact) mass is 380 g/mol. The third-order valence-corrected chi connectivity index (χ3v) is 3.74. The number of alkyl halides is 3. The van der Waals surface area contributed by atoms with Crippen molar-refractivity contribution in [3.63, 3.8) is 0 Å². The van der Waals surface area contributed by atoms with E-state index in [1.54, 1.807) is 24.3 Å². The Hall–Kier alpha value is -3.17. The van der Waals surface area contributed by atoms with E-state index in [0.717, 1.165) is 5.56 Å². The maximum Gasteiger partial charge on any atom is 0.451 e. The van der Waals surface area contributed by atoms with Gasteiger partial charge in [0.15, 0.2) is 0 Å². The van der Waals surface area contributed by atoms with Crippen LogP contribution in [0.2, 0.25) is 0 Å². The molecule has 0 aliphatic carbocycles. The van der Waals surface area contributed by atoms with Gasteiger partial charge >= 0.3 is 12.3 Å². The lowest BCUT2D eigenvalue weighted by Crippen LogP contribution is -2.23. The topological polar surface area (TPSA) is 84.4 Å². The number of amides is 2. The van der Waals surface area contributed by atoms with E-state index in [-0.39, 0.29) is 11.4 Å². The van der Waals surface area contributed by atoms with Gasteiger partial charge in [-0.2, -0.15) is 13.2 Å². The summed E-state index contributed by atoms with van der Waals surface area (Å²) in [6, 6.07) is 7.82. The van der Waals surface area contributed by atoms with Gasteiger partial charge in [-0.1, -0.05) is 12.1 Å². The second-order valence-electron chi connectivity index (χ2n) is 5.91. The molecule has 1 N–H and O–H groups in total. The van der Waals surface area contributed by atoms with Crippen LogP contribution in [0.5, 0.6) is 0 Å². The van der Waals surface area contributed by atoms with Crippen molar-refractivity contribution in [2.45, 2.75) is 19.6 Å². The zero-order valence-electron chi connectivity index (χ0n) is 14.2. The molecule has 0 unspecified atom stereocenters. The van der Waals surface area contributed by atoms with Crippen LogP contribution in [0.3, 0.4) is 0 Å². The molecule has 1 aliphatic heterocycles. The van der Waals surface area contributed by atoms with Gasteiger partial charge in [0.05, 0.1) is 6.54 Å². The fraction of sp³-hybridized carbons (Fsp3) is 0.294. The van der Waals surface area contributed by atoms with E-state index in [9.17, 15) is 22.8 Å². The third kappa shape index (κ3) is 4.52. The summed E-state index contributed by atoms with van der Waals surface area (Å²) in [7, 11) is 0. The molecule has 3 rings (SSSR count). The first-order valence-electron chi connectivity index (χ1n) is 7.97. The maximum atomic E-state index is 12.8. The molecule has 1 saturated heterocycles. The Morgan fingerprint density at radius 1 is 1.30 bits per heavy atom. The summed E-state index contributed by atoms with van der Waals surface area (Å²) >= 11 is 0. The summed E-state index contributed by atoms with van der Waals surface area (Å²) < 4.78 is 43.3. The maximum absolute atomic E-state index is 12.8. The average molecular weight is 380 g/mol. The van der Waals surface area contributed by atoms with Gasteiger partial charge in [0, 0.05) is 17.9 Å². The van der Waals surface area contributed by atoms with Crippen LogP contribution in [0.15, 0.2) is 30.3 Å². The largest absolute Gasteiger partial charge is 0.451 e. The van der Waals surface area contributed by atoms with E-state index in [0.29, 0.717) is 25.4 Å². The third-order valence-electron chi connectivity index (χ3n) is 3.74. The molecule has 7 nitrogen and oxygen atoms in total. The molecule has 10 heteroatoms. The van der Waals surface area contributed by atoms with Crippen molar-refractivity contribution in [1.82, 2.24) is 14.9 Å². The molecule has 142 valence electrons. The molecule has 1 aliphatic rings. The summed E-state index contributed by atoms with van der Waals surface area (Å²) in [6.07, 6.45) is -5.16. The summed E-state index contributed by atoms with van der Waals surface area (Å²) in [5.41, 5.74) is 0.753. The minimum atomic E-state index is -4.74. The molecule has 1 aromatic carbocycles. The number of ether oxygens (including phenoxy) is 1. The van der Waals surface area contributed by atoms with Crippen molar-refractivity contribution < 1.29 is 27.5 Å². The molecule has 0 spiro atoms. The zero-order chi connectivity index (χ0) is 19.6. The Labute approximate surface area is 152 Å². The van der Waals surface area contributed by atoms with Crippen LogP contribution in [0, 0.1) is 6.92 Å². The molecule has 0 bridgehead atoms. The van der Waals surface area contributed by atoms with E-state index in [4.69, 9.17) is 4.74 Å². The number of benzene rings is 1. The predicted octanol–water partition coefficient (Wildman–Crippen LogP) is 3.01. The van der Waals surface area contributed by atoms with E-state index in [2.05, 4.69) is 15.3 Å². The lowest BCUT2D eigenvalue weighted by atomic mass is 10.2. The number of nitrogens with one attached hydrogen (secondary N) is 1. The first kappa shape index (κ1) is 18.6. The molecule has 1 aromatic heterocycles. The molecular weight excluding hydrogens is 365 g/mol. The number of rotatable bonds is 4. The molecule has 2 aromatic rings. The van der Waals surface area contributed by atoms with Crippen LogP contribution in [0.1, 0.15) is 27.6 Å². The van der Waals surface area contributed by atoms with Gasteiger partial charge in [0.2, 0.25) is 5.82 Å². The first-order chi connectivity index (χ1) is 12.7. The Balaban J connectivity index is 1.75. The lowest BCUT2D eigenvalue weighted by molar-refractivity contribution is -0.145. The SMILES string of the molecule is Cc1cc(C(=O)Nc2cccc(CN3CCOC3=O)c2)nc(C(F)(F)F)n1. The van der Waals surface area contributed by atoms with E-state index in [1.165, 1.54) is 17.9 Å². The smallest absolute Gasteiger partial charge is 0.448 e. The summed E-state index contributed by atoms with van der Waals surface area (Å²) in [4.78, 5) is 31.9. The second kappa shape index (κ2) is 7.22. The highest BCUT2D eigenvalue weighted by atomic mass is 19.4. The fourth-order valence-corrected chi connectivity index (χ4v) is 2.54. The molecule has 0 radical (unpaired) electrons. The Morgan fingerprint density at radius 3 is 2.74 bits per heavy atom. The van der Waals surface area contributed by atoms with Gasteiger partial charge in [0.1, 0.15) is 12.3 Å². The number of hydrogen-bond donors (Lipinski definition) is 1. The van der Waals surface area contributed by atoms with Gasteiger partial charge in [-0.15, -0.1) is 0 Å². The van der Waals surface area contributed by atoms with Crippen molar-refractivity contribution >= 4 is 17.7 Å². The second-order valence-corrected chi connectivity index (χ2v) is 5.91. The average Bonchev–Trinajstić information content (AvgIpc) is 2.98. The highest BCUT2D eigenvalue weighted by Crippen LogP contribution is 2.26. The van der Waals surface area contributed by atoms with E-state index in [1.807, 2.05) is 0 Å². The molecule has 27 heavy (non-hydrogen) atoms. The number of hydrogen-bond acceptors (Lipinski definition) is 5. The molecule has 2 heterocycles. The number of cyclic esters (lactones) is 1. The Morgan fingerprint density at radius 2 is 2.07 bits per heavy atom. The zero-order valence-corrected chi connectivity index (χ0v) is 14.2. The lowest BCUT2D eigenvalue weighted by Gasteiger charge is -2.14. The minimum absolute atomic E-state index is 0.0313. The summed E-state index contributed by atoms with van der Waals surface area (Å²) in [5, 5.41) is 2.51. The van der Waals surface area contributed by atoms with E-state index >= 15 is 0 Å². The number of aromatic nitrogens is 2. The number of halogens is 3. The summed E-state index contributed by atoms with van der Waals surface area (Å²) in [6.45, 7) is 2.44. The van der Waals surface area contributed by atoms with Crippen LogP contribution >= 0.6 is 0 Å². The number of carbonyl (C=O) groups is 2. The highest BCUT2D eigenvalue weighted by Gasteiger charge is 2.35. The number of aryl methyl sites for hydroxylation is 1. The molecule has 0 saturated carbocycles. The van der Waals surface area contributed by atoms with Crippen LogP contribution in [0.4, 0.5) is 23.7 Å². The van der Waals surface area contributed by atoms with Gasteiger partial charge in [0.25, 0.3) is 5.91 Å². The fourth-order valence-electron chi connectivity index (χ4n) is 2.54. The van der Waals surface area contributed by atoms with Crippen molar-refractivity contribution in [2.24, 2.45) is 0 Å². The Bertz CT molecular complexity index is 886. The van der Waals surface area contributed by atoms with Crippen LogP contribution in [-0.4, -0.2) is 40.0 Å². The predicted molar refractivity (Wildman–Crippen MR) is 87.9 cm³/mol. The first-order valence-corrected chi connectivity index (χ1v) is 7.97. The highest BCUT2D eigenvalue weighted by molar-refractivity contribution is 6.02. The van der Waals surface area contributed by atoms with E-state index < -0.39 is 24.0 Å². The van der Waals surface area contributed by atoms with Crippen molar-refractivity contribution in [2.75, 3.05) is 18.5 Å². The van der Waals surface area contributed by atoms with Crippen LogP contribution in [0.25, 0.3) is 0 Å². The van der Waals surface area contributed by atoms with Crippen LogP contribution < -0.4 is 5.32 Å². The molecular formula is C17H15F3N4O3. The van der Waals surface area contributed by atoms with Gasteiger partial charge in [-0.05, 0) is 30.7 Å². The Kier molecular flexibility index (Phi) is 4.98. The van der Waals surface area contributed by atoms with Crippen molar-refractivity contribution in [1.29, 1.82) is 0 Å². The van der Waals surface area contributed by atoms with Crippen molar-refractivity contribution in [3.8, 4) is 0 Å². The van der Waals surface area contributed by atoms with Gasteiger partial charge in [-0.3, -0.25) is 4.79 Å². The standard InChI is InChI=1S/C17H15F3N4O3/c1-10-7-13(23-15(21-10)17(18,19)20)14(25)22-12-4-2-3-11(8-12)9-24-5-6-27-16(24)26/h2-4,7-8H,5-6,9H2,1H3,(H,22,25). The summed E-state index contributed by atoms with van der Waals surface area (Å²) in [5.74, 6) is -2.15.